The minimum Gasteiger partial charge on any atom is -0.274 e. The first-order chi connectivity index (χ1) is 9.90. The third kappa shape index (κ3) is 3.81. The molecule has 0 radical (unpaired) electrons. The molecule has 0 atom stereocenters. The highest BCUT2D eigenvalue weighted by atomic mass is 28.3. The van der Waals surface area contributed by atoms with Gasteiger partial charge in [0.1, 0.15) is 0 Å². The minimum absolute atomic E-state index is 0.169. The Labute approximate surface area is 127 Å². The molecule has 0 aliphatic carbocycles. The fourth-order valence-electron chi connectivity index (χ4n) is 2.19. The van der Waals surface area contributed by atoms with Crippen molar-refractivity contribution >= 4 is 19.9 Å². The van der Waals surface area contributed by atoms with Gasteiger partial charge < -0.3 is 0 Å². The van der Waals surface area contributed by atoms with E-state index in [0.29, 0.717) is 17.7 Å². The van der Waals surface area contributed by atoms with Crippen LogP contribution < -0.4 is 0 Å². The van der Waals surface area contributed by atoms with E-state index >= 15 is 0 Å². The monoisotopic (exact) mass is 299 g/mol. The van der Waals surface area contributed by atoms with E-state index in [2.05, 4.69) is 31.1 Å². The van der Waals surface area contributed by atoms with Gasteiger partial charge in [0, 0.05) is 6.54 Å². The van der Waals surface area contributed by atoms with Crippen LogP contribution in [0.25, 0.3) is 0 Å². The highest BCUT2D eigenvalue weighted by Gasteiger charge is 2.34. The molecule has 0 fully saturated rings. The average Bonchev–Trinajstić information content (AvgIpc) is 2.66. The molecular formula is C17H21NO2Si. The Morgan fingerprint density at radius 3 is 2.19 bits per heavy atom. The fraction of sp³-hybridized carbons (Fsp3) is 0.353. The lowest BCUT2D eigenvalue weighted by Gasteiger charge is -2.12. The predicted molar refractivity (Wildman–Crippen MR) is 87.0 cm³/mol. The molecule has 4 heteroatoms. The van der Waals surface area contributed by atoms with Gasteiger partial charge in [0.15, 0.2) is 0 Å². The predicted octanol–water partition coefficient (Wildman–Crippen LogP) is 3.65. The summed E-state index contributed by atoms with van der Waals surface area (Å²) >= 11 is 0. The van der Waals surface area contributed by atoms with Crippen molar-refractivity contribution < 1.29 is 9.59 Å². The Morgan fingerprint density at radius 1 is 1.10 bits per heavy atom. The summed E-state index contributed by atoms with van der Waals surface area (Å²) in [5.41, 5.74) is 6.42. The molecule has 1 heterocycles. The van der Waals surface area contributed by atoms with E-state index in [1.54, 1.807) is 24.3 Å². The fourth-order valence-corrected chi connectivity index (χ4v) is 2.80. The van der Waals surface area contributed by atoms with Gasteiger partial charge in [0.05, 0.1) is 19.2 Å². The molecule has 1 aliphatic rings. The molecule has 0 saturated heterocycles. The highest BCUT2D eigenvalue weighted by molar-refractivity contribution is 6.80. The van der Waals surface area contributed by atoms with E-state index < -0.39 is 8.07 Å². The zero-order valence-corrected chi connectivity index (χ0v) is 13.8. The summed E-state index contributed by atoms with van der Waals surface area (Å²) in [5.74, 6) is -0.338. The van der Waals surface area contributed by atoms with Crippen LogP contribution in [0.4, 0.5) is 0 Å². The van der Waals surface area contributed by atoms with Crippen LogP contribution in [-0.2, 0) is 0 Å². The van der Waals surface area contributed by atoms with Crippen LogP contribution in [0, 0.1) is 0 Å². The van der Waals surface area contributed by atoms with Crippen LogP contribution in [0.3, 0.4) is 0 Å². The number of carbonyl (C=O) groups is 2. The van der Waals surface area contributed by atoms with Crippen molar-refractivity contribution in [2.45, 2.75) is 32.5 Å². The smallest absolute Gasteiger partial charge is 0.261 e. The molecule has 0 unspecified atom stereocenters. The quantitative estimate of drug-likeness (QED) is 0.360. The van der Waals surface area contributed by atoms with Crippen LogP contribution >= 0.6 is 0 Å². The maximum atomic E-state index is 12.1. The highest BCUT2D eigenvalue weighted by Crippen LogP contribution is 2.22. The number of benzene rings is 1. The molecule has 110 valence electrons. The lowest BCUT2D eigenvalue weighted by atomic mass is 10.1. The number of hydrogen-bond acceptors (Lipinski definition) is 2. The molecule has 0 bridgehead atoms. The number of allylic oxidation sites excluding steroid dienone is 1. The number of amides is 2. The molecular weight excluding hydrogens is 278 g/mol. The summed E-state index contributed by atoms with van der Waals surface area (Å²) in [6.07, 6.45) is 3.60. The Kier molecular flexibility index (Phi) is 4.61. The van der Waals surface area contributed by atoms with E-state index in [9.17, 15) is 9.59 Å². The van der Waals surface area contributed by atoms with Crippen LogP contribution in [0.1, 0.15) is 33.6 Å². The second-order valence-electron chi connectivity index (χ2n) is 6.33. The van der Waals surface area contributed by atoms with Crippen LogP contribution in [-0.4, -0.2) is 31.3 Å². The molecule has 1 aliphatic heterocycles. The number of carbonyl (C=O) groups excluding carboxylic acids is 2. The van der Waals surface area contributed by atoms with Gasteiger partial charge in [0.25, 0.3) is 11.8 Å². The van der Waals surface area contributed by atoms with E-state index in [0.717, 1.165) is 12.8 Å². The van der Waals surface area contributed by atoms with Gasteiger partial charge in [-0.05, 0) is 31.1 Å². The van der Waals surface area contributed by atoms with Gasteiger partial charge in [-0.1, -0.05) is 37.5 Å². The van der Waals surface area contributed by atoms with E-state index in [1.165, 1.54) is 4.90 Å². The largest absolute Gasteiger partial charge is 0.274 e. The standard InChI is InChI=1S/C17H21NO2Si/c1-21(2,3)13-9-5-4-8-12-18-16(19)14-10-6-7-11-15(14)17(18)20/h5-7,10-11,13H,4,8,12H2,1-3H3. The van der Waals surface area contributed by atoms with Crippen molar-refractivity contribution in [3.63, 3.8) is 0 Å². The number of rotatable bonds is 5. The normalized spacial score (nSPS) is 14.0. The molecule has 3 nitrogen and oxygen atoms in total. The number of nitrogens with zero attached hydrogens (tertiary/aromatic N) is 1. The lowest BCUT2D eigenvalue weighted by molar-refractivity contribution is 0.0653. The topological polar surface area (TPSA) is 37.4 Å². The molecule has 1 aromatic carbocycles. The summed E-state index contributed by atoms with van der Waals surface area (Å²) in [6, 6.07) is 7.01. The molecule has 2 rings (SSSR count). The number of hydrogen-bond donors (Lipinski definition) is 0. The summed E-state index contributed by atoms with van der Waals surface area (Å²) in [4.78, 5) is 25.6. The maximum absolute atomic E-state index is 12.1. The van der Waals surface area contributed by atoms with Crippen molar-refractivity contribution in [3.05, 3.63) is 52.9 Å². The number of imide groups is 1. The lowest BCUT2D eigenvalue weighted by Crippen LogP contribution is -2.30. The van der Waals surface area contributed by atoms with Crippen molar-refractivity contribution in [3.8, 4) is 0 Å². The van der Waals surface area contributed by atoms with Crippen molar-refractivity contribution in [2.75, 3.05) is 6.54 Å². The first kappa shape index (κ1) is 15.5. The van der Waals surface area contributed by atoms with Crippen molar-refractivity contribution in [1.29, 1.82) is 0 Å². The first-order valence-electron chi connectivity index (χ1n) is 7.27. The Morgan fingerprint density at radius 2 is 1.67 bits per heavy atom. The van der Waals surface area contributed by atoms with Gasteiger partial charge in [0.2, 0.25) is 0 Å². The van der Waals surface area contributed by atoms with Gasteiger partial charge in [-0.15, -0.1) is 5.73 Å². The molecule has 2 amide bonds. The van der Waals surface area contributed by atoms with Gasteiger partial charge in [-0.25, -0.2) is 0 Å². The summed E-state index contributed by atoms with van der Waals surface area (Å²) < 4.78 is 0. The first-order valence-corrected chi connectivity index (χ1v) is 10.9. The minimum atomic E-state index is -1.19. The molecule has 0 N–H and O–H groups in total. The summed E-state index contributed by atoms with van der Waals surface area (Å²) in [5, 5.41) is 0. The molecule has 0 saturated carbocycles. The van der Waals surface area contributed by atoms with Crippen LogP contribution in [0.15, 0.2) is 41.8 Å². The van der Waals surface area contributed by atoms with Gasteiger partial charge >= 0.3 is 0 Å². The summed E-state index contributed by atoms with van der Waals surface area (Å²) in [6.45, 7) is 7.24. The second kappa shape index (κ2) is 6.25. The van der Waals surface area contributed by atoms with Crippen LogP contribution in [0.2, 0.25) is 19.6 Å². The van der Waals surface area contributed by atoms with E-state index in [4.69, 9.17) is 0 Å². The third-order valence-corrected chi connectivity index (χ3v) is 4.28. The number of unbranched alkanes of at least 4 members (excludes halogenated alkanes) is 1. The van der Waals surface area contributed by atoms with Crippen molar-refractivity contribution in [1.82, 2.24) is 4.90 Å². The molecule has 1 aromatic rings. The Hall–Kier alpha value is -1.90. The van der Waals surface area contributed by atoms with Gasteiger partial charge in [-0.3, -0.25) is 14.5 Å². The molecule has 0 aromatic heterocycles. The summed E-state index contributed by atoms with van der Waals surface area (Å²) in [7, 11) is -1.19. The Bertz CT molecular complexity index is 587. The van der Waals surface area contributed by atoms with E-state index in [1.807, 2.05) is 6.08 Å². The molecule has 21 heavy (non-hydrogen) atoms. The number of fused-ring (bicyclic) bond motifs is 1. The van der Waals surface area contributed by atoms with Crippen molar-refractivity contribution in [2.24, 2.45) is 0 Å². The maximum Gasteiger partial charge on any atom is 0.261 e. The second-order valence-corrected chi connectivity index (χ2v) is 11.4. The average molecular weight is 299 g/mol. The zero-order valence-electron chi connectivity index (χ0n) is 12.8. The van der Waals surface area contributed by atoms with E-state index in [-0.39, 0.29) is 11.8 Å². The SMILES string of the molecule is C[Si](C)(C)C=C=CCCCN1C(=O)c2ccccc2C1=O. The third-order valence-electron chi connectivity index (χ3n) is 3.24. The zero-order chi connectivity index (χ0) is 15.5. The molecule has 0 spiro atoms. The van der Waals surface area contributed by atoms with Crippen LogP contribution in [0.5, 0.6) is 0 Å². The van der Waals surface area contributed by atoms with Gasteiger partial charge in [-0.2, -0.15) is 0 Å². The Balaban J connectivity index is 1.90.